The molecule has 0 aliphatic carbocycles. The summed E-state index contributed by atoms with van der Waals surface area (Å²) in [4.78, 5) is 6.52. The van der Waals surface area contributed by atoms with Crippen molar-refractivity contribution in [3.63, 3.8) is 0 Å². The molecule has 2 rings (SSSR count). The van der Waals surface area contributed by atoms with Gasteiger partial charge in [-0.25, -0.2) is 0 Å². The van der Waals surface area contributed by atoms with E-state index in [0.717, 1.165) is 11.5 Å². The summed E-state index contributed by atoms with van der Waals surface area (Å²) in [6, 6.07) is 10.1. The Morgan fingerprint density at radius 1 is 1.20 bits per heavy atom. The lowest BCUT2D eigenvalue weighted by atomic mass is 10.1. The largest absolute Gasteiger partial charge is 0.476 e. The summed E-state index contributed by atoms with van der Waals surface area (Å²) in [5, 5.41) is 0. The maximum Gasteiger partial charge on any atom is 0.239 e. The van der Waals surface area contributed by atoms with Crippen LogP contribution < -0.4 is 15.4 Å². The minimum atomic E-state index is 0.488. The van der Waals surface area contributed by atoms with E-state index in [4.69, 9.17) is 10.5 Å². The first kappa shape index (κ1) is 14.2. The zero-order valence-corrected chi connectivity index (χ0v) is 12.5. The number of ether oxygens (including phenoxy) is 1. The van der Waals surface area contributed by atoms with Crippen LogP contribution in [-0.4, -0.2) is 18.6 Å². The molecule has 2 N–H and O–H groups in total. The number of rotatable bonds is 4. The lowest BCUT2D eigenvalue weighted by Crippen LogP contribution is -2.13. The maximum atomic E-state index is 5.86. The first-order chi connectivity index (χ1) is 9.52. The monoisotopic (exact) mass is 271 g/mol. The predicted molar refractivity (Wildman–Crippen MR) is 83.8 cm³/mol. The minimum absolute atomic E-state index is 0.488. The van der Waals surface area contributed by atoms with E-state index in [9.17, 15) is 0 Å². The number of aromatic nitrogens is 1. The number of pyridine rings is 1. The van der Waals surface area contributed by atoms with Crippen molar-refractivity contribution in [3.05, 3.63) is 41.5 Å². The van der Waals surface area contributed by atoms with Crippen molar-refractivity contribution in [3.8, 4) is 5.88 Å². The first-order valence-corrected chi connectivity index (χ1v) is 6.73. The van der Waals surface area contributed by atoms with Crippen LogP contribution in [0.4, 0.5) is 17.2 Å². The molecule has 0 radical (unpaired) electrons. The molecule has 0 aliphatic heterocycles. The molecule has 0 unspecified atom stereocenters. The molecule has 4 nitrogen and oxygen atoms in total. The van der Waals surface area contributed by atoms with Crippen LogP contribution in [0.15, 0.2) is 30.3 Å². The number of hydrogen-bond acceptors (Lipinski definition) is 4. The fourth-order valence-corrected chi connectivity index (χ4v) is 2.19. The van der Waals surface area contributed by atoms with Gasteiger partial charge in [0, 0.05) is 12.7 Å². The molecule has 0 fully saturated rings. The second-order valence-corrected chi connectivity index (χ2v) is 4.85. The van der Waals surface area contributed by atoms with Gasteiger partial charge in [-0.05, 0) is 44.5 Å². The molecule has 0 atom stereocenters. The quantitative estimate of drug-likeness (QED) is 0.925. The smallest absolute Gasteiger partial charge is 0.239 e. The van der Waals surface area contributed by atoms with Gasteiger partial charge in [-0.2, -0.15) is 4.98 Å². The Bertz CT molecular complexity index is 611. The molecule has 1 heterocycles. The van der Waals surface area contributed by atoms with Gasteiger partial charge >= 0.3 is 0 Å². The van der Waals surface area contributed by atoms with Crippen molar-refractivity contribution < 1.29 is 4.74 Å². The highest BCUT2D eigenvalue weighted by Crippen LogP contribution is 2.29. The van der Waals surface area contributed by atoms with Gasteiger partial charge in [0.1, 0.15) is 5.82 Å². The molecule has 0 spiro atoms. The van der Waals surface area contributed by atoms with Crippen molar-refractivity contribution in [2.24, 2.45) is 0 Å². The summed E-state index contributed by atoms with van der Waals surface area (Å²) in [5.41, 5.74) is 10.0. The molecule has 0 saturated carbocycles. The maximum absolute atomic E-state index is 5.86. The number of hydrogen-bond donors (Lipinski definition) is 1. The van der Waals surface area contributed by atoms with Gasteiger partial charge in [-0.15, -0.1) is 0 Å². The molecule has 2 aromatic rings. The van der Waals surface area contributed by atoms with E-state index in [1.54, 1.807) is 0 Å². The summed E-state index contributed by atoms with van der Waals surface area (Å²) in [5.74, 6) is 1.30. The first-order valence-electron chi connectivity index (χ1n) is 6.73. The van der Waals surface area contributed by atoms with Crippen LogP contribution in [0.1, 0.15) is 18.1 Å². The molecule has 20 heavy (non-hydrogen) atoms. The van der Waals surface area contributed by atoms with Crippen LogP contribution in [0, 0.1) is 13.8 Å². The van der Waals surface area contributed by atoms with E-state index < -0.39 is 0 Å². The Morgan fingerprint density at radius 3 is 2.60 bits per heavy atom. The van der Waals surface area contributed by atoms with Crippen LogP contribution in [0.3, 0.4) is 0 Å². The second-order valence-electron chi connectivity index (χ2n) is 4.85. The topological polar surface area (TPSA) is 51.4 Å². The van der Waals surface area contributed by atoms with Gasteiger partial charge in [0.05, 0.1) is 12.3 Å². The van der Waals surface area contributed by atoms with Crippen molar-refractivity contribution in [1.82, 2.24) is 4.98 Å². The lowest BCUT2D eigenvalue weighted by Gasteiger charge is -2.21. The highest BCUT2D eigenvalue weighted by atomic mass is 16.5. The SMILES string of the molecule is CCOc1nc(N(C)c2ccc(C)cc2C)ccc1N. The fourth-order valence-electron chi connectivity index (χ4n) is 2.19. The van der Waals surface area contributed by atoms with E-state index in [2.05, 4.69) is 37.0 Å². The highest BCUT2D eigenvalue weighted by molar-refractivity contribution is 5.65. The third-order valence-electron chi connectivity index (χ3n) is 3.21. The predicted octanol–water partition coefficient (Wildman–Crippen LogP) is 3.45. The Balaban J connectivity index is 2.37. The summed E-state index contributed by atoms with van der Waals surface area (Å²) in [7, 11) is 1.99. The third kappa shape index (κ3) is 2.85. The van der Waals surface area contributed by atoms with E-state index in [1.807, 2.05) is 31.0 Å². The standard InChI is InChI=1S/C16H21N3O/c1-5-20-16-13(17)7-9-15(18-16)19(4)14-8-6-11(2)10-12(14)3/h6-10H,5,17H2,1-4H3. The average molecular weight is 271 g/mol. The van der Waals surface area contributed by atoms with E-state index in [0.29, 0.717) is 18.2 Å². The molecule has 0 amide bonds. The number of aryl methyl sites for hydroxylation is 2. The Hall–Kier alpha value is -2.23. The summed E-state index contributed by atoms with van der Waals surface area (Å²) < 4.78 is 5.45. The van der Waals surface area contributed by atoms with E-state index >= 15 is 0 Å². The molecule has 1 aromatic heterocycles. The van der Waals surface area contributed by atoms with Crippen molar-refractivity contribution in [2.45, 2.75) is 20.8 Å². The molecular weight excluding hydrogens is 250 g/mol. The second kappa shape index (κ2) is 5.82. The minimum Gasteiger partial charge on any atom is -0.476 e. The number of benzene rings is 1. The van der Waals surface area contributed by atoms with Gasteiger partial charge in [-0.3, -0.25) is 0 Å². The Labute approximate surface area is 120 Å². The average Bonchev–Trinajstić information content (AvgIpc) is 2.41. The molecule has 0 bridgehead atoms. The molecule has 4 heteroatoms. The molecule has 0 saturated heterocycles. The van der Waals surface area contributed by atoms with Crippen molar-refractivity contribution >= 4 is 17.2 Å². The van der Waals surface area contributed by atoms with Gasteiger partial charge in [0.15, 0.2) is 0 Å². The van der Waals surface area contributed by atoms with Gasteiger partial charge in [0.2, 0.25) is 5.88 Å². The number of nitrogens with two attached hydrogens (primary N) is 1. The Morgan fingerprint density at radius 2 is 1.95 bits per heavy atom. The fraction of sp³-hybridized carbons (Fsp3) is 0.312. The van der Waals surface area contributed by atoms with Gasteiger partial charge in [0.25, 0.3) is 0 Å². The van der Waals surface area contributed by atoms with Crippen LogP contribution in [0.25, 0.3) is 0 Å². The zero-order valence-electron chi connectivity index (χ0n) is 12.5. The molecule has 0 aliphatic rings. The molecule has 1 aromatic carbocycles. The summed E-state index contributed by atoms with van der Waals surface area (Å²) in [6.07, 6.45) is 0. The van der Waals surface area contributed by atoms with Gasteiger partial charge < -0.3 is 15.4 Å². The van der Waals surface area contributed by atoms with Crippen LogP contribution in [-0.2, 0) is 0 Å². The number of nitrogens with zero attached hydrogens (tertiary/aromatic N) is 2. The normalized spacial score (nSPS) is 10.4. The molecular formula is C16H21N3O. The van der Waals surface area contributed by atoms with Crippen LogP contribution >= 0.6 is 0 Å². The third-order valence-corrected chi connectivity index (χ3v) is 3.21. The number of anilines is 3. The summed E-state index contributed by atoms with van der Waals surface area (Å²) in [6.45, 7) is 6.65. The lowest BCUT2D eigenvalue weighted by molar-refractivity contribution is 0.329. The molecule has 106 valence electrons. The van der Waals surface area contributed by atoms with Gasteiger partial charge in [-0.1, -0.05) is 17.7 Å². The van der Waals surface area contributed by atoms with Crippen LogP contribution in [0.5, 0.6) is 5.88 Å². The van der Waals surface area contributed by atoms with E-state index in [1.165, 1.54) is 11.1 Å². The van der Waals surface area contributed by atoms with Crippen molar-refractivity contribution in [1.29, 1.82) is 0 Å². The van der Waals surface area contributed by atoms with Crippen molar-refractivity contribution in [2.75, 3.05) is 24.3 Å². The summed E-state index contributed by atoms with van der Waals surface area (Å²) >= 11 is 0. The zero-order chi connectivity index (χ0) is 14.7. The Kier molecular flexibility index (Phi) is 4.13. The van der Waals surface area contributed by atoms with E-state index in [-0.39, 0.29) is 0 Å². The van der Waals surface area contributed by atoms with Crippen LogP contribution in [0.2, 0.25) is 0 Å². The highest BCUT2D eigenvalue weighted by Gasteiger charge is 2.11. The number of nitrogen functional groups attached to an aromatic ring is 1.